The molecule has 2 aromatic heterocycles. The number of anilines is 1. The van der Waals surface area contributed by atoms with Gasteiger partial charge in [-0.1, -0.05) is 23.9 Å². The number of halogens is 1. The molecule has 130 valence electrons. The third-order valence-electron chi connectivity index (χ3n) is 4.22. The Hall–Kier alpha value is -1.70. The summed E-state index contributed by atoms with van der Waals surface area (Å²) in [4.78, 5) is 11.3. The van der Waals surface area contributed by atoms with Gasteiger partial charge < -0.3 is 10.5 Å². The standard InChI is InChI=1S/C18H18FN3OS2/c1-18(2)7-12-13(8-23-18)25-16-14(12)15(20)21-17(22-16)24-9-10-3-5-11(19)6-4-10/h3-6H,7-9H2,1-2H3,(H2,20,21,22). The minimum Gasteiger partial charge on any atom is -0.383 e. The first-order valence-corrected chi connectivity index (χ1v) is 9.80. The molecule has 0 radical (unpaired) electrons. The van der Waals surface area contributed by atoms with Gasteiger partial charge in [-0.25, -0.2) is 14.4 Å². The van der Waals surface area contributed by atoms with Crippen molar-refractivity contribution in [2.24, 2.45) is 0 Å². The predicted molar refractivity (Wildman–Crippen MR) is 100 cm³/mol. The number of nitrogens with zero attached hydrogens (tertiary/aromatic N) is 2. The first-order valence-electron chi connectivity index (χ1n) is 8.00. The number of thiophene rings is 1. The minimum absolute atomic E-state index is 0.191. The van der Waals surface area contributed by atoms with E-state index in [1.807, 2.05) is 0 Å². The number of benzene rings is 1. The molecule has 7 heteroatoms. The second kappa shape index (κ2) is 6.23. The summed E-state index contributed by atoms with van der Waals surface area (Å²) in [7, 11) is 0. The summed E-state index contributed by atoms with van der Waals surface area (Å²) in [5.41, 5.74) is 8.31. The number of hydrogen-bond donors (Lipinski definition) is 1. The predicted octanol–water partition coefficient (Wildman–Crippen LogP) is 4.56. The number of thioether (sulfide) groups is 1. The first kappa shape index (κ1) is 16.8. The number of nitrogen functional groups attached to an aromatic ring is 1. The van der Waals surface area contributed by atoms with Crippen molar-refractivity contribution >= 4 is 39.1 Å². The van der Waals surface area contributed by atoms with E-state index in [9.17, 15) is 4.39 Å². The van der Waals surface area contributed by atoms with Crippen LogP contribution in [0.5, 0.6) is 0 Å². The maximum absolute atomic E-state index is 13.0. The van der Waals surface area contributed by atoms with Crippen LogP contribution in [0.15, 0.2) is 29.4 Å². The lowest BCUT2D eigenvalue weighted by molar-refractivity contribution is -0.0379. The highest BCUT2D eigenvalue weighted by molar-refractivity contribution is 7.98. The van der Waals surface area contributed by atoms with E-state index in [1.54, 1.807) is 23.5 Å². The van der Waals surface area contributed by atoms with Crippen LogP contribution < -0.4 is 5.73 Å². The second-order valence-corrected chi connectivity index (χ2v) is 8.74. The maximum Gasteiger partial charge on any atom is 0.191 e. The van der Waals surface area contributed by atoms with Crippen LogP contribution in [0.4, 0.5) is 10.2 Å². The Labute approximate surface area is 153 Å². The Morgan fingerprint density at radius 3 is 2.80 bits per heavy atom. The molecule has 0 amide bonds. The van der Waals surface area contributed by atoms with Crippen molar-refractivity contribution in [2.45, 2.75) is 43.4 Å². The highest BCUT2D eigenvalue weighted by Crippen LogP contribution is 2.40. The van der Waals surface area contributed by atoms with E-state index in [1.165, 1.54) is 34.3 Å². The Kier molecular flexibility index (Phi) is 4.17. The molecular formula is C18H18FN3OS2. The minimum atomic E-state index is -0.232. The van der Waals surface area contributed by atoms with Crippen LogP contribution in [0.2, 0.25) is 0 Å². The largest absolute Gasteiger partial charge is 0.383 e. The molecule has 3 heterocycles. The zero-order valence-corrected chi connectivity index (χ0v) is 15.6. The van der Waals surface area contributed by atoms with Gasteiger partial charge in [0.05, 0.1) is 17.6 Å². The summed E-state index contributed by atoms with van der Waals surface area (Å²) in [6.45, 7) is 4.77. The lowest BCUT2D eigenvalue weighted by atomic mass is 9.94. The van der Waals surface area contributed by atoms with Crippen LogP contribution in [0, 0.1) is 5.82 Å². The molecule has 0 fully saturated rings. The summed E-state index contributed by atoms with van der Waals surface area (Å²) < 4.78 is 18.9. The number of ether oxygens (including phenoxy) is 1. The molecule has 4 rings (SSSR count). The number of rotatable bonds is 3. The molecule has 1 aromatic carbocycles. The average Bonchev–Trinajstić information content (AvgIpc) is 2.91. The first-order chi connectivity index (χ1) is 11.9. The Bertz CT molecular complexity index is 938. The lowest BCUT2D eigenvalue weighted by Gasteiger charge is -2.30. The fourth-order valence-corrected chi connectivity index (χ4v) is 4.92. The number of aromatic nitrogens is 2. The number of hydrogen-bond acceptors (Lipinski definition) is 6. The Morgan fingerprint density at radius 2 is 2.04 bits per heavy atom. The van der Waals surface area contributed by atoms with Crippen LogP contribution in [-0.2, 0) is 23.5 Å². The van der Waals surface area contributed by atoms with Crippen LogP contribution in [0.25, 0.3) is 10.2 Å². The quantitative estimate of drug-likeness (QED) is 0.537. The molecule has 2 N–H and O–H groups in total. The molecule has 0 aliphatic carbocycles. The van der Waals surface area contributed by atoms with Crippen molar-refractivity contribution < 1.29 is 9.13 Å². The van der Waals surface area contributed by atoms with Gasteiger partial charge in [0.2, 0.25) is 0 Å². The summed E-state index contributed by atoms with van der Waals surface area (Å²) in [6.07, 6.45) is 0.817. The molecule has 25 heavy (non-hydrogen) atoms. The molecule has 0 saturated carbocycles. The van der Waals surface area contributed by atoms with E-state index < -0.39 is 0 Å². The average molecular weight is 375 g/mol. The van der Waals surface area contributed by atoms with Crippen molar-refractivity contribution in [1.82, 2.24) is 9.97 Å². The van der Waals surface area contributed by atoms with Crippen molar-refractivity contribution in [3.8, 4) is 0 Å². The zero-order chi connectivity index (χ0) is 17.6. The second-order valence-electron chi connectivity index (χ2n) is 6.72. The fraction of sp³-hybridized carbons (Fsp3) is 0.333. The van der Waals surface area contributed by atoms with E-state index in [4.69, 9.17) is 10.5 Å². The highest BCUT2D eigenvalue weighted by atomic mass is 32.2. The van der Waals surface area contributed by atoms with E-state index in [0.717, 1.165) is 22.2 Å². The van der Waals surface area contributed by atoms with Crippen LogP contribution in [-0.4, -0.2) is 15.6 Å². The molecular weight excluding hydrogens is 357 g/mol. The Balaban J connectivity index is 1.63. The number of fused-ring (bicyclic) bond motifs is 3. The van der Waals surface area contributed by atoms with Gasteiger partial charge in [-0.05, 0) is 37.1 Å². The third kappa shape index (κ3) is 3.36. The topological polar surface area (TPSA) is 61.0 Å². The summed E-state index contributed by atoms with van der Waals surface area (Å²) in [6, 6.07) is 6.47. The molecule has 0 atom stereocenters. The summed E-state index contributed by atoms with van der Waals surface area (Å²) in [5.74, 6) is 0.971. The molecule has 1 aliphatic heterocycles. The zero-order valence-electron chi connectivity index (χ0n) is 14.0. The smallest absolute Gasteiger partial charge is 0.191 e. The van der Waals surface area contributed by atoms with Crippen LogP contribution in [0.3, 0.4) is 0 Å². The molecule has 0 unspecified atom stereocenters. The van der Waals surface area contributed by atoms with E-state index in [-0.39, 0.29) is 11.4 Å². The fourth-order valence-electron chi connectivity index (χ4n) is 2.95. The highest BCUT2D eigenvalue weighted by Gasteiger charge is 2.30. The van der Waals surface area contributed by atoms with Crippen molar-refractivity contribution in [1.29, 1.82) is 0 Å². The lowest BCUT2D eigenvalue weighted by Crippen LogP contribution is -2.31. The molecule has 1 aliphatic rings. The van der Waals surface area contributed by atoms with Crippen LogP contribution >= 0.6 is 23.1 Å². The van der Waals surface area contributed by atoms with Crippen molar-refractivity contribution in [3.63, 3.8) is 0 Å². The van der Waals surface area contributed by atoms with Gasteiger partial charge in [-0.15, -0.1) is 11.3 Å². The van der Waals surface area contributed by atoms with E-state index in [2.05, 4.69) is 23.8 Å². The third-order valence-corrected chi connectivity index (χ3v) is 6.24. The van der Waals surface area contributed by atoms with Gasteiger partial charge in [0.25, 0.3) is 0 Å². The molecule has 0 bridgehead atoms. The molecule has 3 aromatic rings. The van der Waals surface area contributed by atoms with Crippen LogP contribution in [0.1, 0.15) is 29.9 Å². The summed E-state index contributed by atoms with van der Waals surface area (Å²) in [5, 5.41) is 1.62. The van der Waals surface area contributed by atoms with Gasteiger partial charge in [0, 0.05) is 17.1 Å². The molecule has 0 saturated heterocycles. The molecule has 4 nitrogen and oxygen atoms in total. The SMILES string of the molecule is CC1(C)Cc2c(sc3nc(SCc4ccc(F)cc4)nc(N)c23)CO1. The summed E-state index contributed by atoms with van der Waals surface area (Å²) >= 11 is 3.14. The monoisotopic (exact) mass is 375 g/mol. The molecule has 0 spiro atoms. The Morgan fingerprint density at radius 1 is 1.28 bits per heavy atom. The van der Waals surface area contributed by atoms with Gasteiger partial charge in [0.15, 0.2) is 5.16 Å². The van der Waals surface area contributed by atoms with Crippen molar-refractivity contribution in [2.75, 3.05) is 5.73 Å². The van der Waals surface area contributed by atoms with E-state index >= 15 is 0 Å². The van der Waals surface area contributed by atoms with Gasteiger partial charge >= 0.3 is 0 Å². The number of nitrogens with two attached hydrogens (primary N) is 1. The normalized spacial score (nSPS) is 16.1. The van der Waals surface area contributed by atoms with Gasteiger partial charge in [0.1, 0.15) is 16.5 Å². The van der Waals surface area contributed by atoms with E-state index in [0.29, 0.717) is 23.3 Å². The van der Waals surface area contributed by atoms with Crippen molar-refractivity contribution in [3.05, 3.63) is 46.1 Å². The van der Waals surface area contributed by atoms with Gasteiger partial charge in [-0.3, -0.25) is 0 Å². The maximum atomic E-state index is 13.0. The van der Waals surface area contributed by atoms with Gasteiger partial charge in [-0.2, -0.15) is 0 Å².